The predicted molar refractivity (Wildman–Crippen MR) is 142 cm³/mol. The zero-order chi connectivity index (χ0) is 24.9. The smallest absolute Gasteiger partial charge is 0.196 e. The normalized spacial score (nSPS) is 15.7. The number of rotatable bonds is 8. The molecular formula is C28H26N4O3S. The minimum Gasteiger partial charge on any atom is -0.496 e. The second kappa shape index (κ2) is 10.7. The van der Waals surface area contributed by atoms with E-state index in [1.807, 2.05) is 76.4 Å². The minimum atomic E-state index is 0.0638. The maximum Gasteiger partial charge on any atom is 0.196 e. The number of ether oxygens (including phenoxy) is 2. The summed E-state index contributed by atoms with van der Waals surface area (Å²) < 4.78 is 14.7. The summed E-state index contributed by atoms with van der Waals surface area (Å²) in [5.41, 5.74) is 4.72. The molecule has 3 heterocycles. The van der Waals surface area contributed by atoms with Crippen LogP contribution in [0.1, 0.15) is 22.3 Å². The first kappa shape index (κ1) is 23.7. The number of allylic oxidation sites excluding steroid dienone is 1. The number of benzene rings is 2. The molecule has 0 saturated carbocycles. The Balaban J connectivity index is 1.37. The fraction of sp³-hybridized carbons (Fsp3) is 0.179. The maximum absolute atomic E-state index is 13.2. The predicted octanol–water partition coefficient (Wildman–Crippen LogP) is 4.93. The Labute approximate surface area is 214 Å². The number of nitrogens with zero attached hydrogens (tertiary/aromatic N) is 4. The van der Waals surface area contributed by atoms with Gasteiger partial charge in [0.05, 0.1) is 32.2 Å². The van der Waals surface area contributed by atoms with Crippen LogP contribution in [-0.2, 0) is 17.9 Å². The molecule has 8 heteroatoms. The quantitative estimate of drug-likeness (QED) is 0.321. The first-order valence-corrected chi connectivity index (χ1v) is 12.5. The molecule has 0 unspecified atom stereocenters. The van der Waals surface area contributed by atoms with Gasteiger partial charge in [-0.3, -0.25) is 14.2 Å². The van der Waals surface area contributed by atoms with Gasteiger partial charge in [0.1, 0.15) is 11.5 Å². The highest BCUT2D eigenvalue weighted by molar-refractivity contribution is 8.05. The molecule has 0 amide bonds. The maximum atomic E-state index is 13.2. The van der Waals surface area contributed by atoms with E-state index in [2.05, 4.69) is 16.3 Å². The molecule has 36 heavy (non-hydrogen) atoms. The Morgan fingerprint density at radius 1 is 0.861 bits per heavy atom. The van der Waals surface area contributed by atoms with Gasteiger partial charge >= 0.3 is 0 Å². The van der Waals surface area contributed by atoms with Crippen molar-refractivity contribution in [3.63, 3.8) is 0 Å². The molecule has 0 radical (unpaired) electrons. The number of methoxy groups -OCH3 is 2. The SMILES string of the molecule is COc1ccc(/C=C2\CS/C(=C\c3ccc(OC)c(Cn4cccn4)c3)C2=O)cc1Cn1cccn1. The Morgan fingerprint density at radius 3 is 1.92 bits per heavy atom. The van der Waals surface area contributed by atoms with Gasteiger partial charge in [0.25, 0.3) is 0 Å². The zero-order valence-electron chi connectivity index (χ0n) is 20.1. The van der Waals surface area contributed by atoms with Crippen molar-refractivity contribution >= 4 is 29.7 Å². The lowest BCUT2D eigenvalue weighted by Crippen LogP contribution is -2.03. The van der Waals surface area contributed by atoms with Gasteiger partial charge in [-0.2, -0.15) is 10.2 Å². The van der Waals surface area contributed by atoms with Gasteiger partial charge in [0.2, 0.25) is 0 Å². The first-order chi connectivity index (χ1) is 17.6. The lowest BCUT2D eigenvalue weighted by atomic mass is 10.0. The van der Waals surface area contributed by atoms with E-state index < -0.39 is 0 Å². The average molecular weight is 499 g/mol. The van der Waals surface area contributed by atoms with Crippen molar-refractivity contribution in [2.45, 2.75) is 13.1 Å². The Kier molecular flexibility index (Phi) is 7.04. The van der Waals surface area contributed by atoms with E-state index >= 15 is 0 Å². The summed E-state index contributed by atoms with van der Waals surface area (Å²) in [6.45, 7) is 1.19. The lowest BCUT2D eigenvalue weighted by molar-refractivity contribution is -0.111. The summed E-state index contributed by atoms with van der Waals surface area (Å²) in [7, 11) is 3.32. The molecule has 182 valence electrons. The van der Waals surface area contributed by atoms with Crippen LogP contribution in [0.15, 0.2) is 83.8 Å². The van der Waals surface area contributed by atoms with Gasteiger partial charge in [-0.05, 0) is 59.7 Å². The molecule has 0 spiro atoms. The van der Waals surface area contributed by atoms with Gasteiger partial charge in [-0.1, -0.05) is 12.1 Å². The van der Waals surface area contributed by atoms with Crippen molar-refractivity contribution in [1.82, 2.24) is 19.6 Å². The summed E-state index contributed by atoms with van der Waals surface area (Å²) in [6.07, 6.45) is 11.3. The van der Waals surface area contributed by atoms with E-state index in [4.69, 9.17) is 9.47 Å². The highest BCUT2D eigenvalue weighted by atomic mass is 32.2. The third kappa shape index (κ3) is 5.28. The molecular weight excluding hydrogens is 472 g/mol. The summed E-state index contributed by atoms with van der Waals surface area (Å²) in [4.78, 5) is 13.9. The van der Waals surface area contributed by atoms with Gasteiger partial charge in [0, 0.05) is 47.2 Å². The minimum absolute atomic E-state index is 0.0638. The van der Waals surface area contributed by atoms with Crippen molar-refractivity contribution < 1.29 is 14.3 Å². The molecule has 1 fully saturated rings. The highest BCUT2D eigenvalue weighted by Crippen LogP contribution is 2.35. The molecule has 1 aliphatic rings. The van der Waals surface area contributed by atoms with Gasteiger partial charge in [-0.15, -0.1) is 11.8 Å². The molecule has 0 atom stereocenters. The van der Waals surface area contributed by atoms with Crippen LogP contribution < -0.4 is 9.47 Å². The van der Waals surface area contributed by atoms with Gasteiger partial charge < -0.3 is 9.47 Å². The monoisotopic (exact) mass is 498 g/mol. The highest BCUT2D eigenvalue weighted by Gasteiger charge is 2.24. The molecule has 0 N–H and O–H groups in total. The average Bonchev–Trinajstić information content (AvgIpc) is 3.66. The zero-order valence-corrected chi connectivity index (χ0v) is 20.9. The van der Waals surface area contributed by atoms with Crippen molar-refractivity contribution in [3.05, 3.63) is 106 Å². The van der Waals surface area contributed by atoms with Crippen molar-refractivity contribution in [1.29, 1.82) is 0 Å². The van der Waals surface area contributed by atoms with E-state index in [0.717, 1.165) is 44.2 Å². The summed E-state index contributed by atoms with van der Waals surface area (Å²) >= 11 is 1.57. The van der Waals surface area contributed by atoms with Crippen molar-refractivity contribution in [2.24, 2.45) is 0 Å². The number of ketones is 1. The van der Waals surface area contributed by atoms with Gasteiger partial charge in [-0.25, -0.2) is 0 Å². The lowest BCUT2D eigenvalue weighted by Gasteiger charge is -2.10. The fourth-order valence-electron chi connectivity index (χ4n) is 4.17. The summed E-state index contributed by atoms with van der Waals surface area (Å²) in [5.74, 6) is 2.30. The number of hydrogen-bond donors (Lipinski definition) is 0. The topological polar surface area (TPSA) is 71.2 Å². The van der Waals surface area contributed by atoms with Crippen LogP contribution in [-0.4, -0.2) is 45.3 Å². The second-order valence-electron chi connectivity index (χ2n) is 8.35. The van der Waals surface area contributed by atoms with Crippen LogP contribution in [0.2, 0.25) is 0 Å². The molecule has 2 aromatic heterocycles. The van der Waals surface area contributed by atoms with E-state index in [1.54, 1.807) is 38.4 Å². The molecule has 0 aliphatic carbocycles. The van der Waals surface area contributed by atoms with Crippen LogP contribution in [0.3, 0.4) is 0 Å². The van der Waals surface area contributed by atoms with Crippen LogP contribution >= 0.6 is 11.8 Å². The third-order valence-corrected chi connectivity index (χ3v) is 7.00. The van der Waals surface area contributed by atoms with Crippen molar-refractivity contribution in [2.75, 3.05) is 20.0 Å². The van der Waals surface area contributed by atoms with Crippen LogP contribution in [0, 0.1) is 0 Å². The second-order valence-corrected chi connectivity index (χ2v) is 9.36. The molecule has 7 nitrogen and oxygen atoms in total. The van der Waals surface area contributed by atoms with Crippen LogP contribution in [0.4, 0.5) is 0 Å². The number of aromatic nitrogens is 4. The van der Waals surface area contributed by atoms with E-state index in [1.165, 1.54) is 0 Å². The number of Topliss-reactive ketones (excluding diaryl/α,β-unsaturated/α-hetero) is 1. The first-order valence-electron chi connectivity index (χ1n) is 11.5. The van der Waals surface area contributed by atoms with Crippen LogP contribution in [0.25, 0.3) is 12.2 Å². The Hall–Kier alpha value is -4.04. The molecule has 0 bridgehead atoms. The largest absolute Gasteiger partial charge is 0.496 e. The van der Waals surface area contributed by atoms with Crippen molar-refractivity contribution in [3.8, 4) is 11.5 Å². The molecule has 2 aromatic carbocycles. The fourth-order valence-corrected chi connectivity index (χ4v) is 5.18. The summed E-state index contributed by atoms with van der Waals surface area (Å²) in [5, 5.41) is 8.57. The molecule has 5 rings (SSSR count). The molecule has 1 saturated heterocycles. The van der Waals surface area contributed by atoms with E-state index in [9.17, 15) is 4.79 Å². The summed E-state index contributed by atoms with van der Waals surface area (Å²) in [6, 6.07) is 15.7. The number of hydrogen-bond acceptors (Lipinski definition) is 6. The van der Waals surface area contributed by atoms with E-state index in [0.29, 0.717) is 18.8 Å². The van der Waals surface area contributed by atoms with E-state index in [-0.39, 0.29) is 5.78 Å². The van der Waals surface area contributed by atoms with Crippen LogP contribution in [0.5, 0.6) is 11.5 Å². The standard InChI is InChI=1S/C28H26N4O3S/c1-34-25-7-5-20(13-22(25)17-31-11-3-9-29-31)15-24-19-36-27(28(24)33)16-21-6-8-26(35-2)23(14-21)18-32-12-4-10-30-32/h3-16H,17-19H2,1-2H3/b24-15+,27-16-. The number of carbonyl (C=O) groups excluding carboxylic acids is 1. The molecule has 1 aliphatic heterocycles. The Morgan fingerprint density at radius 2 is 1.42 bits per heavy atom. The third-order valence-electron chi connectivity index (χ3n) is 5.93. The van der Waals surface area contributed by atoms with Gasteiger partial charge in [0.15, 0.2) is 5.78 Å². The number of carbonyl (C=O) groups is 1. The number of thioether (sulfide) groups is 1. The molecule has 4 aromatic rings. The Bertz CT molecular complexity index is 1320.